The predicted molar refractivity (Wildman–Crippen MR) is 46.1 cm³/mol. The number of halogens is 5. The van der Waals surface area contributed by atoms with E-state index in [1.54, 1.807) is 0 Å². The van der Waals surface area contributed by atoms with E-state index < -0.39 is 29.1 Å². The van der Waals surface area contributed by atoms with Crippen LogP contribution in [0.25, 0.3) is 0 Å². The smallest absolute Gasteiger partial charge is 0.417 e. The molecule has 0 fully saturated rings. The number of carboxylic acid groups (broad SMARTS) is 1. The fourth-order valence-corrected chi connectivity index (χ4v) is 1.33. The highest BCUT2D eigenvalue weighted by molar-refractivity contribution is 9.10. The van der Waals surface area contributed by atoms with E-state index in [2.05, 4.69) is 15.9 Å². The first-order chi connectivity index (χ1) is 6.75. The Morgan fingerprint density at radius 1 is 1.33 bits per heavy atom. The van der Waals surface area contributed by atoms with Gasteiger partial charge in [0.2, 0.25) is 0 Å². The number of aromatic carboxylic acids is 1. The van der Waals surface area contributed by atoms with E-state index in [1.165, 1.54) is 0 Å². The van der Waals surface area contributed by atoms with Crippen LogP contribution in [0.4, 0.5) is 17.6 Å². The Hall–Kier alpha value is -1.11. The van der Waals surface area contributed by atoms with E-state index in [0.29, 0.717) is 6.07 Å². The van der Waals surface area contributed by atoms with Crippen molar-refractivity contribution in [3.05, 3.63) is 33.5 Å². The predicted octanol–water partition coefficient (Wildman–Crippen LogP) is 3.31. The molecule has 7 heteroatoms. The zero-order valence-corrected chi connectivity index (χ0v) is 8.49. The summed E-state index contributed by atoms with van der Waals surface area (Å²) >= 11 is 2.61. The summed E-state index contributed by atoms with van der Waals surface area (Å²) in [5, 5.41) is 8.47. The first-order valence-electron chi connectivity index (χ1n) is 3.53. The van der Waals surface area contributed by atoms with Crippen LogP contribution in [-0.2, 0) is 6.18 Å². The Morgan fingerprint density at radius 2 is 1.87 bits per heavy atom. The quantitative estimate of drug-likeness (QED) is 0.805. The summed E-state index contributed by atoms with van der Waals surface area (Å²) in [4.78, 5) is 10.5. The van der Waals surface area contributed by atoms with Crippen molar-refractivity contribution in [1.29, 1.82) is 0 Å². The minimum atomic E-state index is -4.89. The van der Waals surface area contributed by atoms with Gasteiger partial charge >= 0.3 is 12.1 Å². The summed E-state index contributed by atoms with van der Waals surface area (Å²) in [5.74, 6) is -3.39. The van der Waals surface area contributed by atoms with Crippen LogP contribution in [-0.4, -0.2) is 11.1 Å². The first-order valence-corrected chi connectivity index (χ1v) is 4.33. The summed E-state index contributed by atoms with van der Waals surface area (Å²) in [7, 11) is 0. The zero-order valence-electron chi connectivity index (χ0n) is 6.90. The molecule has 0 bridgehead atoms. The second-order valence-corrected chi connectivity index (χ2v) is 3.44. The van der Waals surface area contributed by atoms with Crippen molar-refractivity contribution in [3.63, 3.8) is 0 Å². The van der Waals surface area contributed by atoms with Crippen molar-refractivity contribution in [2.24, 2.45) is 0 Å². The monoisotopic (exact) mass is 286 g/mol. The molecule has 2 nitrogen and oxygen atoms in total. The molecule has 15 heavy (non-hydrogen) atoms. The molecule has 1 rings (SSSR count). The Bertz CT molecular complexity index is 414. The number of carbonyl (C=O) groups is 1. The van der Waals surface area contributed by atoms with Crippen molar-refractivity contribution in [3.8, 4) is 0 Å². The standard InChI is InChI=1S/C8H3BrF4O2/c9-4-2-1-3(8(11,12)13)5(6(4)10)7(14)15/h1-2H,(H,14,15). The topological polar surface area (TPSA) is 37.3 Å². The van der Waals surface area contributed by atoms with Crippen LogP contribution in [0.2, 0.25) is 0 Å². The highest BCUT2D eigenvalue weighted by Crippen LogP contribution is 2.35. The zero-order chi connectivity index (χ0) is 11.8. The van der Waals surface area contributed by atoms with Crippen LogP contribution < -0.4 is 0 Å². The summed E-state index contributed by atoms with van der Waals surface area (Å²) in [6, 6.07) is 1.32. The van der Waals surface area contributed by atoms with Gasteiger partial charge in [0.05, 0.1) is 10.0 Å². The molecule has 0 aromatic heterocycles. The fraction of sp³-hybridized carbons (Fsp3) is 0.125. The van der Waals surface area contributed by atoms with Crippen molar-refractivity contribution >= 4 is 21.9 Å². The van der Waals surface area contributed by atoms with Crippen LogP contribution in [0.15, 0.2) is 16.6 Å². The molecule has 0 radical (unpaired) electrons. The van der Waals surface area contributed by atoms with Gasteiger partial charge in [-0.2, -0.15) is 13.2 Å². The highest BCUT2D eigenvalue weighted by Gasteiger charge is 2.37. The molecule has 0 aliphatic rings. The third-order valence-corrected chi connectivity index (χ3v) is 2.23. The fourth-order valence-electron chi connectivity index (χ4n) is 0.996. The van der Waals surface area contributed by atoms with Gasteiger partial charge in [0, 0.05) is 0 Å². The van der Waals surface area contributed by atoms with Gasteiger partial charge in [-0.25, -0.2) is 9.18 Å². The summed E-state index contributed by atoms with van der Waals surface area (Å²) in [5.41, 5.74) is -2.88. The van der Waals surface area contributed by atoms with E-state index >= 15 is 0 Å². The molecule has 0 saturated carbocycles. The molecule has 0 saturated heterocycles. The Morgan fingerprint density at radius 3 is 2.27 bits per heavy atom. The lowest BCUT2D eigenvalue weighted by atomic mass is 10.1. The maximum Gasteiger partial charge on any atom is 0.417 e. The third kappa shape index (κ3) is 2.28. The van der Waals surface area contributed by atoms with E-state index in [-0.39, 0.29) is 4.47 Å². The number of carboxylic acids is 1. The molecule has 0 atom stereocenters. The lowest BCUT2D eigenvalue weighted by molar-refractivity contribution is -0.138. The molecular weight excluding hydrogens is 284 g/mol. The minimum absolute atomic E-state index is 0.326. The number of benzene rings is 1. The molecule has 0 amide bonds. The van der Waals surface area contributed by atoms with E-state index in [4.69, 9.17) is 5.11 Å². The molecule has 1 aromatic carbocycles. The van der Waals surface area contributed by atoms with Crippen molar-refractivity contribution in [2.75, 3.05) is 0 Å². The molecule has 1 aromatic rings. The van der Waals surface area contributed by atoms with Crippen molar-refractivity contribution in [1.82, 2.24) is 0 Å². The molecular formula is C8H3BrF4O2. The molecule has 0 aliphatic carbocycles. The van der Waals surface area contributed by atoms with Gasteiger partial charge in [0.25, 0.3) is 0 Å². The number of alkyl halides is 3. The SMILES string of the molecule is O=C(O)c1c(C(F)(F)F)ccc(Br)c1F. The Labute approximate surface area is 89.6 Å². The van der Waals surface area contributed by atoms with Gasteiger partial charge < -0.3 is 5.11 Å². The van der Waals surface area contributed by atoms with Gasteiger partial charge in [-0.1, -0.05) is 0 Å². The van der Waals surface area contributed by atoms with Gasteiger partial charge in [-0.3, -0.25) is 0 Å². The Balaban J connectivity index is 3.55. The second-order valence-electron chi connectivity index (χ2n) is 2.59. The summed E-state index contributed by atoms with van der Waals surface area (Å²) in [6.07, 6.45) is -4.89. The van der Waals surface area contributed by atoms with Crippen molar-refractivity contribution in [2.45, 2.75) is 6.18 Å². The van der Waals surface area contributed by atoms with Crippen LogP contribution in [0.1, 0.15) is 15.9 Å². The lowest BCUT2D eigenvalue weighted by Crippen LogP contribution is -2.15. The van der Waals surface area contributed by atoms with Crippen LogP contribution in [0, 0.1) is 5.82 Å². The minimum Gasteiger partial charge on any atom is -0.478 e. The van der Waals surface area contributed by atoms with Gasteiger partial charge in [-0.15, -0.1) is 0 Å². The van der Waals surface area contributed by atoms with Crippen LogP contribution in [0.3, 0.4) is 0 Å². The van der Waals surface area contributed by atoms with Gasteiger partial charge in [-0.05, 0) is 28.1 Å². The summed E-state index contributed by atoms with van der Waals surface area (Å²) in [6.45, 7) is 0. The van der Waals surface area contributed by atoms with E-state index in [0.717, 1.165) is 6.07 Å². The van der Waals surface area contributed by atoms with Crippen LogP contribution in [0.5, 0.6) is 0 Å². The maximum absolute atomic E-state index is 13.1. The number of hydrogen-bond acceptors (Lipinski definition) is 1. The van der Waals surface area contributed by atoms with Crippen molar-refractivity contribution < 1.29 is 27.5 Å². The van der Waals surface area contributed by atoms with E-state index in [1.807, 2.05) is 0 Å². The number of rotatable bonds is 1. The third-order valence-electron chi connectivity index (χ3n) is 1.61. The average Bonchev–Trinajstić information content (AvgIpc) is 2.06. The van der Waals surface area contributed by atoms with Gasteiger partial charge in [0.1, 0.15) is 5.56 Å². The maximum atomic E-state index is 13.1. The highest BCUT2D eigenvalue weighted by atomic mass is 79.9. The van der Waals surface area contributed by atoms with E-state index in [9.17, 15) is 22.4 Å². The second kappa shape index (κ2) is 3.80. The summed E-state index contributed by atoms with van der Waals surface area (Å²) < 4.78 is 49.6. The molecule has 0 heterocycles. The van der Waals surface area contributed by atoms with Gasteiger partial charge in [0.15, 0.2) is 5.82 Å². The molecule has 82 valence electrons. The van der Waals surface area contributed by atoms with Crippen LogP contribution >= 0.6 is 15.9 Å². The molecule has 0 unspecified atom stereocenters. The average molecular weight is 287 g/mol. The normalized spacial score (nSPS) is 11.5. The largest absolute Gasteiger partial charge is 0.478 e. The Kier molecular flexibility index (Phi) is 3.03. The number of hydrogen-bond donors (Lipinski definition) is 1. The lowest BCUT2D eigenvalue weighted by Gasteiger charge is -2.11. The molecule has 0 spiro atoms. The molecule has 0 aliphatic heterocycles. The first kappa shape index (κ1) is 12.0. The molecule has 1 N–H and O–H groups in total.